The van der Waals surface area contributed by atoms with Gasteiger partial charge in [-0.3, -0.25) is 4.79 Å². The van der Waals surface area contributed by atoms with E-state index in [-0.39, 0.29) is 11.9 Å². The SMILES string of the molecule is CC(C)[C@@H]1C[C@H](NC(=O)CC2CCCN2)c2ccccc21. The highest BCUT2D eigenvalue weighted by Gasteiger charge is 2.33. The van der Waals surface area contributed by atoms with Crippen LogP contribution in [-0.2, 0) is 4.79 Å². The molecule has 2 aliphatic rings. The molecular formula is C18H26N2O. The van der Waals surface area contributed by atoms with E-state index in [0.717, 1.165) is 19.4 Å². The number of rotatable bonds is 4. The zero-order chi connectivity index (χ0) is 14.8. The fourth-order valence-corrected chi connectivity index (χ4v) is 3.85. The van der Waals surface area contributed by atoms with Crippen LogP contribution in [0.1, 0.15) is 62.6 Å². The Morgan fingerprint density at radius 1 is 1.33 bits per heavy atom. The summed E-state index contributed by atoms with van der Waals surface area (Å²) in [6, 6.07) is 9.17. The number of amides is 1. The van der Waals surface area contributed by atoms with Crippen LogP contribution < -0.4 is 10.6 Å². The maximum Gasteiger partial charge on any atom is 0.222 e. The van der Waals surface area contributed by atoms with Crippen molar-refractivity contribution < 1.29 is 4.79 Å². The molecule has 0 radical (unpaired) electrons. The largest absolute Gasteiger partial charge is 0.349 e. The fraction of sp³-hybridized carbons (Fsp3) is 0.611. The summed E-state index contributed by atoms with van der Waals surface area (Å²) in [5.41, 5.74) is 2.75. The van der Waals surface area contributed by atoms with Gasteiger partial charge >= 0.3 is 0 Å². The van der Waals surface area contributed by atoms with Gasteiger partial charge in [0.05, 0.1) is 6.04 Å². The number of hydrogen-bond acceptors (Lipinski definition) is 2. The van der Waals surface area contributed by atoms with Gasteiger partial charge in [0.2, 0.25) is 5.91 Å². The third kappa shape index (κ3) is 3.13. The Balaban J connectivity index is 1.67. The first-order chi connectivity index (χ1) is 10.1. The van der Waals surface area contributed by atoms with Crippen molar-refractivity contribution in [2.45, 2.75) is 57.5 Å². The molecule has 1 heterocycles. The average molecular weight is 286 g/mol. The second-order valence-corrected chi connectivity index (χ2v) is 6.83. The van der Waals surface area contributed by atoms with Crippen molar-refractivity contribution in [3.8, 4) is 0 Å². The Hall–Kier alpha value is -1.35. The summed E-state index contributed by atoms with van der Waals surface area (Å²) >= 11 is 0. The molecule has 114 valence electrons. The molecule has 0 saturated carbocycles. The van der Waals surface area contributed by atoms with E-state index in [1.54, 1.807) is 0 Å². The van der Waals surface area contributed by atoms with Crippen molar-refractivity contribution in [1.82, 2.24) is 10.6 Å². The van der Waals surface area contributed by atoms with Gasteiger partial charge < -0.3 is 10.6 Å². The lowest BCUT2D eigenvalue weighted by atomic mass is 9.90. The summed E-state index contributed by atoms with van der Waals surface area (Å²) in [6.07, 6.45) is 3.98. The van der Waals surface area contributed by atoms with Crippen LogP contribution in [0.25, 0.3) is 0 Å². The van der Waals surface area contributed by atoms with Crippen LogP contribution in [0.3, 0.4) is 0 Å². The van der Waals surface area contributed by atoms with E-state index in [1.165, 1.54) is 17.5 Å². The topological polar surface area (TPSA) is 41.1 Å². The van der Waals surface area contributed by atoms with Crippen LogP contribution in [0.5, 0.6) is 0 Å². The maximum atomic E-state index is 12.3. The Morgan fingerprint density at radius 3 is 2.76 bits per heavy atom. The molecular weight excluding hydrogens is 260 g/mol. The zero-order valence-electron chi connectivity index (χ0n) is 13.1. The van der Waals surface area contributed by atoms with Crippen molar-refractivity contribution >= 4 is 5.91 Å². The van der Waals surface area contributed by atoms with E-state index < -0.39 is 0 Å². The van der Waals surface area contributed by atoms with Crippen molar-refractivity contribution in [3.05, 3.63) is 35.4 Å². The summed E-state index contributed by atoms with van der Waals surface area (Å²) < 4.78 is 0. The summed E-state index contributed by atoms with van der Waals surface area (Å²) in [5.74, 6) is 1.37. The predicted molar refractivity (Wildman–Crippen MR) is 85.2 cm³/mol. The van der Waals surface area contributed by atoms with Crippen LogP contribution in [0.4, 0.5) is 0 Å². The smallest absolute Gasteiger partial charge is 0.222 e. The first kappa shape index (κ1) is 14.6. The van der Waals surface area contributed by atoms with E-state index in [1.807, 2.05) is 0 Å². The van der Waals surface area contributed by atoms with Gasteiger partial charge in [-0.1, -0.05) is 38.1 Å². The molecule has 0 aromatic heterocycles. The molecule has 1 aromatic rings. The molecule has 1 unspecified atom stereocenters. The first-order valence-electron chi connectivity index (χ1n) is 8.26. The predicted octanol–water partition coefficient (Wildman–Crippen LogP) is 3.13. The van der Waals surface area contributed by atoms with Crippen molar-refractivity contribution in [2.24, 2.45) is 5.92 Å². The van der Waals surface area contributed by atoms with Crippen molar-refractivity contribution in [1.29, 1.82) is 0 Å². The molecule has 0 bridgehead atoms. The van der Waals surface area contributed by atoms with Gasteiger partial charge in [0.15, 0.2) is 0 Å². The third-order valence-corrected chi connectivity index (χ3v) is 4.99. The number of nitrogens with one attached hydrogen (secondary N) is 2. The molecule has 1 aromatic carbocycles. The standard InChI is InChI=1S/C18H26N2O/c1-12(2)16-11-17(15-8-4-3-7-14(15)16)20-18(21)10-13-6-5-9-19-13/h3-4,7-8,12-13,16-17,19H,5-6,9-11H2,1-2H3,(H,20,21)/t13?,16-,17-/m0/s1. The lowest BCUT2D eigenvalue weighted by molar-refractivity contribution is -0.122. The minimum absolute atomic E-state index is 0.193. The second kappa shape index (κ2) is 6.18. The molecule has 3 heteroatoms. The van der Waals surface area contributed by atoms with E-state index in [0.29, 0.717) is 24.3 Å². The molecule has 0 spiro atoms. The van der Waals surface area contributed by atoms with Gasteiger partial charge in [0, 0.05) is 12.5 Å². The van der Waals surface area contributed by atoms with Crippen LogP contribution >= 0.6 is 0 Å². The van der Waals surface area contributed by atoms with Crippen molar-refractivity contribution in [2.75, 3.05) is 6.54 Å². The lowest BCUT2D eigenvalue weighted by Crippen LogP contribution is -2.33. The Morgan fingerprint density at radius 2 is 2.10 bits per heavy atom. The molecule has 3 nitrogen and oxygen atoms in total. The Bertz CT molecular complexity index is 506. The second-order valence-electron chi connectivity index (χ2n) is 6.83. The Labute approximate surface area is 127 Å². The van der Waals surface area contributed by atoms with Gasteiger partial charge in [0.1, 0.15) is 0 Å². The molecule has 21 heavy (non-hydrogen) atoms. The van der Waals surface area contributed by atoms with Crippen molar-refractivity contribution in [3.63, 3.8) is 0 Å². The highest BCUT2D eigenvalue weighted by molar-refractivity contribution is 5.77. The summed E-state index contributed by atoms with van der Waals surface area (Å²) in [5, 5.41) is 6.67. The van der Waals surface area contributed by atoms with Crippen LogP contribution in [0.15, 0.2) is 24.3 Å². The van der Waals surface area contributed by atoms with Gasteiger partial charge in [-0.25, -0.2) is 0 Å². The minimum Gasteiger partial charge on any atom is -0.349 e. The first-order valence-corrected chi connectivity index (χ1v) is 8.26. The number of hydrogen-bond donors (Lipinski definition) is 2. The highest BCUT2D eigenvalue weighted by atomic mass is 16.1. The molecule has 1 amide bonds. The Kier molecular flexibility index (Phi) is 4.29. The molecule has 3 rings (SSSR count). The van der Waals surface area contributed by atoms with Gasteiger partial charge in [-0.05, 0) is 48.8 Å². The van der Waals surface area contributed by atoms with Gasteiger partial charge in [0.25, 0.3) is 0 Å². The quantitative estimate of drug-likeness (QED) is 0.893. The monoisotopic (exact) mass is 286 g/mol. The van der Waals surface area contributed by atoms with E-state index in [4.69, 9.17) is 0 Å². The van der Waals surface area contributed by atoms with E-state index in [2.05, 4.69) is 48.7 Å². The van der Waals surface area contributed by atoms with E-state index >= 15 is 0 Å². The average Bonchev–Trinajstić information content (AvgIpc) is 3.07. The number of fused-ring (bicyclic) bond motifs is 1. The highest BCUT2D eigenvalue weighted by Crippen LogP contribution is 2.43. The lowest BCUT2D eigenvalue weighted by Gasteiger charge is -2.18. The molecule has 1 aliphatic heterocycles. The van der Waals surface area contributed by atoms with Crippen LogP contribution in [0.2, 0.25) is 0 Å². The maximum absolute atomic E-state index is 12.3. The van der Waals surface area contributed by atoms with Crippen LogP contribution in [0, 0.1) is 5.92 Å². The van der Waals surface area contributed by atoms with Crippen LogP contribution in [-0.4, -0.2) is 18.5 Å². The summed E-state index contributed by atoms with van der Waals surface area (Å²) in [4.78, 5) is 12.3. The number of carbonyl (C=O) groups is 1. The molecule has 1 aliphatic carbocycles. The van der Waals surface area contributed by atoms with E-state index in [9.17, 15) is 4.79 Å². The van der Waals surface area contributed by atoms with Gasteiger partial charge in [-0.2, -0.15) is 0 Å². The minimum atomic E-state index is 0.193. The molecule has 1 saturated heterocycles. The third-order valence-electron chi connectivity index (χ3n) is 4.99. The molecule has 3 atom stereocenters. The summed E-state index contributed by atoms with van der Waals surface area (Å²) in [7, 11) is 0. The number of benzene rings is 1. The number of carbonyl (C=O) groups excluding carboxylic acids is 1. The fourth-order valence-electron chi connectivity index (χ4n) is 3.85. The zero-order valence-corrected chi connectivity index (χ0v) is 13.1. The van der Waals surface area contributed by atoms with Gasteiger partial charge in [-0.15, -0.1) is 0 Å². The normalized spacial score (nSPS) is 27.9. The summed E-state index contributed by atoms with van der Waals surface area (Å²) in [6.45, 7) is 5.60. The molecule has 1 fully saturated rings. The molecule has 2 N–H and O–H groups in total.